The molecule has 1 fully saturated rings. The van der Waals surface area contributed by atoms with Crippen LogP contribution in [0.4, 0.5) is 0 Å². The average Bonchev–Trinajstić information content (AvgIpc) is 2.49. The normalized spacial score (nSPS) is 19.8. The number of rotatable bonds is 6. The minimum Gasteiger partial charge on any atom is -0.491 e. The van der Waals surface area contributed by atoms with Crippen LogP contribution in [0.1, 0.15) is 23.7 Å². The Bertz CT molecular complexity index is 500. The molecule has 0 saturated carbocycles. The van der Waals surface area contributed by atoms with Crippen LogP contribution in [0, 0.1) is 5.92 Å². The van der Waals surface area contributed by atoms with Gasteiger partial charge in [-0.1, -0.05) is 19.1 Å². The van der Waals surface area contributed by atoms with Crippen molar-refractivity contribution in [3.05, 3.63) is 29.8 Å². The molecule has 7 heteroatoms. The zero-order chi connectivity index (χ0) is 15.9. The number of benzene rings is 1. The monoisotopic (exact) mass is 377 g/mol. The van der Waals surface area contributed by atoms with E-state index in [1.54, 1.807) is 0 Å². The topological polar surface area (TPSA) is 53.6 Å². The lowest BCUT2D eigenvalue weighted by Gasteiger charge is -2.30. The van der Waals surface area contributed by atoms with Gasteiger partial charge < -0.3 is 20.3 Å². The molecule has 2 N–H and O–H groups in total. The number of carbonyl (C=O) groups is 1. The Balaban J connectivity index is 0.00000264. The summed E-state index contributed by atoms with van der Waals surface area (Å²) in [5.41, 5.74) is 0.610. The van der Waals surface area contributed by atoms with Crippen LogP contribution in [-0.4, -0.2) is 57.2 Å². The van der Waals surface area contributed by atoms with E-state index in [0.29, 0.717) is 23.8 Å². The number of carbonyl (C=O) groups excluding carboxylic acids is 1. The fraction of sp³-hybridized carbons (Fsp3) is 0.588. The standard InChI is InChI=1S/C17H27N3O2.2ClH/c1-13-8-9-18-12-15(13)19-17(21)14-6-4-5-7-16(14)22-11-10-20(2)3;;/h4-7,13,15,18H,8-12H2,1-3H3,(H,19,21);2*1H. The van der Waals surface area contributed by atoms with E-state index in [4.69, 9.17) is 4.74 Å². The fourth-order valence-corrected chi connectivity index (χ4v) is 2.55. The van der Waals surface area contributed by atoms with Crippen molar-refractivity contribution in [2.24, 2.45) is 5.92 Å². The fourth-order valence-electron chi connectivity index (χ4n) is 2.55. The van der Waals surface area contributed by atoms with Crippen LogP contribution in [0.5, 0.6) is 5.75 Å². The maximum Gasteiger partial charge on any atom is 0.255 e. The summed E-state index contributed by atoms with van der Waals surface area (Å²) in [5.74, 6) is 1.09. The second-order valence-electron chi connectivity index (χ2n) is 6.20. The zero-order valence-corrected chi connectivity index (χ0v) is 16.2. The van der Waals surface area contributed by atoms with Gasteiger partial charge in [-0.15, -0.1) is 24.8 Å². The van der Waals surface area contributed by atoms with Gasteiger partial charge in [-0.2, -0.15) is 0 Å². The minimum atomic E-state index is -0.0546. The maximum absolute atomic E-state index is 12.5. The molecule has 138 valence electrons. The van der Waals surface area contributed by atoms with Gasteiger partial charge in [0.25, 0.3) is 5.91 Å². The van der Waals surface area contributed by atoms with Crippen LogP contribution >= 0.6 is 24.8 Å². The number of piperidine rings is 1. The number of halogens is 2. The quantitative estimate of drug-likeness (QED) is 0.797. The van der Waals surface area contributed by atoms with Crippen molar-refractivity contribution in [3.63, 3.8) is 0 Å². The first-order chi connectivity index (χ1) is 10.6. The highest BCUT2D eigenvalue weighted by molar-refractivity contribution is 5.97. The second kappa shape index (κ2) is 11.5. The molecule has 2 atom stereocenters. The predicted octanol–water partition coefficient (Wildman–Crippen LogP) is 2.20. The van der Waals surface area contributed by atoms with Crippen LogP contribution in [0.15, 0.2) is 24.3 Å². The number of likely N-dealkylation sites (N-methyl/N-ethyl adjacent to an activating group) is 1. The van der Waals surface area contributed by atoms with Crippen LogP contribution < -0.4 is 15.4 Å². The van der Waals surface area contributed by atoms with Crippen LogP contribution in [0.2, 0.25) is 0 Å². The summed E-state index contributed by atoms with van der Waals surface area (Å²) in [6.45, 7) is 5.43. The highest BCUT2D eigenvalue weighted by atomic mass is 35.5. The van der Waals surface area contributed by atoms with Crippen LogP contribution in [0.25, 0.3) is 0 Å². The van der Waals surface area contributed by atoms with Gasteiger partial charge in [-0.25, -0.2) is 0 Å². The summed E-state index contributed by atoms with van der Waals surface area (Å²) in [6.07, 6.45) is 1.09. The molecule has 0 radical (unpaired) electrons. The van der Waals surface area contributed by atoms with Gasteiger partial charge in [-0.3, -0.25) is 4.79 Å². The Morgan fingerprint density at radius 3 is 2.71 bits per heavy atom. The first-order valence-corrected chi connectivity index (χ1v) is 7.96. The summed E-state index contributed by atoms with van der Waals surface area (Å²) in [6, 6.07) is 7.62. The van der Waals surface area contributed by atoms with E-state index in [9.17, 15) is 4.79 Å². The summed E-state index contributed by atoms with van der Waals surface area (Å²) in [7, 11) is 4.00. The molecule has 1 aromatic rings. The van der Waals surface area contributed by atoms with Crippen LogP contribution in [-0.2, 0) is 0 Å². The first-order valence-electron chi connectivity index (χ1n) is 7.96. The molecule has 2 unspecified atom stereocenters. The number of nitrogens with one attached hydrogen (secondary N) is 2. The lowest BCUT2D eigenvalue weighted by atomic mass is 9.94. The third kappa shape index (κ3) is 6.85. The van der Waals surface area contributed by atoms with Crippen molar-refractivity contribution in [1.29, 1.82) is 0 Å². The molecule has 1 amide bonds. The largest absolute Gasteiger partial charge is 0.491 e. The number of nitrogens with zero attached hydrogens (tertiary/aromatic N) is 1. The average molecular weight is 378 g/mol. The molecule has 0 bridgehead atoms. The van der Waals surface area contributed by atoms with E-state index in [1.807, 2.05) is 38.4 Å². The van der Waals surface area contributed by atoms with Crippen molar-refractivity contribution in [2.75, 3.05) is 40.3 Å². The van der Waals surface area contributed by atoms with E-state index in [0.717, 1.165) is 26.1 Å². The molecule has 2 rings (SSSR count). The summed E-state index contributed by atoms with van der Waals surface area (Å²) in [5, 5.41) is 6.46. The smallest absolute Gasteiger partial charge is 0.255 e. The Kier molecular flexibility index (Phi) is 11.0. The minimum absolute atomic E-state index is 0. The van der Waals surface area contributed by atoms with Crippen molar-refractivity contribution in [2.45, 2.75) is 19.4 Å². The number of amides is 1. The third-order valence-corrected chi connectivity index (χ3v) is 4.07. The Morgan fingerprint density at radius 1 is 1.33 bits per heavy atom. The highest BCUT2D eigenvalue weighted by Crippen LogP contribution is 2.19. The molecule has 5 nitrogen and oxygen atoms in total. The lowest BCUT2D eigenvalue weighted by molar-refractivity contribution is 0.0911. The second-order valence-corrected chi connectivity index (χ2v) is 6.20. The third-order valence-electron chi connectivity index (χ3n) is 4.07. The Hall–Kier alpha value is -1.01. The SMILES string of the molecule is CC1CCNCC1NC(=O)c1ccccc1OCCN(C)C.Cl.Cl. The van der Waals surface area contributed by atoms with E-state index >= 15 is 0 Å². The van der Waals surface area contributed by atoms with E-state index < -0.39 is 0 Å². The summed E-state index contributed by atoms with van der Waals surface area (Å²) in [4.78, 5) is 14.6. The highest BCUT2D eigenvalue weighted by Gasteiger charge is 2.24. The zero-order valence-electron chi connectivity index (χ0n) is 14.6. The molecule has 0 spiro atoms. The molecular weight excluding hydrogens is 349 g/mol. The van der Waals surface area contributed by atoms with Gasteiger partial charge >= 0.3 is 0 Å². The van der Waals surface area contributed by atoms with E-state index in [-0.39, 0.29) is 36.8 Å². The van der Waals surface area contributed by atoms with E-state index in [2.05, 4.69) is 22.5 Å². The summed E-state index contributed by atoms with van der Waals surface area (Å²) < 4.78 is 5.77. The molecule has 0 aromatic heterocycles. The predicted molar refractivity (Wildman–Crippen MR) is 103 cm³/mol. The van der Waals surface area contributed by atoms with Crippen molar-refractivity contribution >= 4 is 30.7 Å². The molecule has 1 saturated heterocycles. The van der Waals surface area contributed by atoms with Crippen LogP contribution in [0.3, 0.4) is 0 Å². The molecule has 1 heterocycles. The van der Waals surface area contributed by atoms with Crippen molar-refractivity contribution in [3.8, 4) is 5.75 Å². The molecule has 24 heavy (non-hydrogen) atoms. The Morgan fingerprint density at radius 2 is 2.04 bits per heavy atom. The number of ether oxygens (including phenoxy) is 1. The molecule has 1 aliphatic heterocycles. The van der Waals surface area contributed by atoms with Crippen molar-refractivity contribution < 1.29 is 9.53 Å². The molecule has 1 aliphatic rings. The molecule has 0 aliphatic carbocycles. The van der Waals surface area contributed by atoms with Crippen molar-refractivity contribution in [1.82, 2.24) is 15.5 Å². The molecular formula is C17H29Cl2N3O2. The van der Waals surface area contributed by atoms with E-state index in [1.165, 1.54) is 0 Å². The summed E-state index contributed by atoms with van der Waals surface area (Å²) >= 11 is 0. The number of para-hydroxylation sites is 1. The number of hydrogen-bond acceptors (Lipinski definition) is 4. The maximum atomic E-state index is 12.5. The van der Waals surface area contributed by atoms with Gasteiger partial charge in [0.15, 0.2) is 0 Å². The Labute approximate surface area is 157 Å². The first kappa shape index (κ1) is 23.0. The van der Waals surface area contributed by atoms with Gasteiger partial charge in [0.1, 0.15) is 12.4 Å². The van der Waals surface area contributed by atoms with Gasteiger partial charge in [0, 0.05) is 19.1 Å². The van der Waals surface area contributed by atoms with Gasteiger partial charge in [0.05, 0.1) is 5.56 Å². The number of hydrogen-bond donors (Lipinski definition) is 2. The molecule has 1 aromatic carbocycles. The van der Waals surface area contributed by atoms with Gasteiger partial charge in [-0.05, 0) is 45.1 Å². The van der Waals surface area contributed by atoms with Gasteiger partial charge in [0.2, 0.25) is 0 Å². The lowest BCUT2D eigenvalue weighted by Crippen LogP contribution is -2.50.